The molecule has 2 aromatic rings. The molecule has 1 unspecified atom stereocenters. The van der Waals surface area contributed by atoms with Crippen molar-refractivity contribution in [3.63, 3.8) is 0 Å². The van der Waals surface area contributed by atoms with Gasteiger partial charge in [0.2, 0.25) is 5.88 Å². The minimum Gasteiger partial charge on any atom is -0.437 e. The van der Waals surface area contributed by atoms with Gasteiger partial charge in [-0.05, 0) is 44.0 Å². The summed E-state index contributed by atoms with van der Waals surface area (Å²) in [5, 5.41) is 0.572. The van der Waals surface area contributed by atoms with Crippen LogP contribution in [0.15, 0.2) is 36.5 Å². The third-order valence-electron chi connectivity index (χ3n) is 2.69. The van der Waals surface area contributed by atoms with Crippen molar-refractivity contribution in [1.82, 2.24) is 4.98 Å². The molecule has 0 saturated heterocycles. The van der Waals surface area contributed by atoms with Gasteiger partial charge in [0.1, 0.15) is 5.75 Å². The molecule has 19 heavy (non-hydrogen) atoms. The van der Waals surface area contributed by atoms with E-state index in [2.05, 4.69) is 4.98 Å². The van der Waals surface area contributed by atoms with Crippen LogP contribution in [0.4, 0.5) is 0 Å². The predicted octanol–water partition coefficient (Wildman–Crippen LogP) is 3.73. The van der Waals surface area contributed by atoms with Crippen LogP contribution in [0.1, 0.15) is 18.1 Å². The van der Waals surface area contributed by atoms with Crippen LogP contribution in [0.2, 0.25) is 5.02 Å². The van der Waals surface area contributed by atoms with E-state index in [9.17, 15) is 0 Å². The van der Waals surface area contributed by atoms with Crippen molar-refractivity contribution in [1.29, 1.82) is 0 Å². The van der Waals surface area contributed by atoms with E-state index >= 15 is 0 Å². The monoisotopic (exact) mass is 276 g/mol. The third kappa shape index (κ3) is 3.69. The fourth-order valence-corrected chi connectivity index (χ4v) is 1.97. The molecule has 2 rings (SSSR count). The van der Waals surface area contributed by atoms with Gasteiger partial charge in [0.05, 0.1) is 5.02 Å². The Kier molecular flexibility index (Phi) is 4.40. The highest BCUT2D eigenvalue weighted by Gasteiger charge is 2.10. The molecule has 0 spiro atoms. The van der Waals surface area contributed by atoms with Crippen LogP contribution in [0.25, 0.3) is 0 Å². The maximum absolute atomic E-state index is 6.13. The van der Waals surface area contributed by atoms with Crippen LogP contribution < -0.4 is 10.5 Å². The standard InChI is InChI=1S/C15H17ClN2O/c1-10-5-6-13(16)14(8-10)19-15-12(9-11(2)17)4-3-7-18-15/h3-8,11H,9,17H2,1-2H3. The number of nitrogens with two attached hydrogens (primary N) is 1. The molecule has 0 aliphatic heterocycles. The average Bonchev–Trinajstić information content (AvgIpc) is 2.35. The number of rotatable bonds is 4. The van der Waals surface area contributed by atoms with E-state index in [-0.39, 0.29) is 6.04 Å². The van der Waals surface area contributed by atoms with Crippen molar-refractivity contribution < 1.29 is 4.74 Å². The second-order valence-corrected chi connectivity index (χ2v) is 5.09. The second-order valence-electron chi connectivity index (χ2n) is 4.69. The summed E-state index contributed by atoms with van der Waals surface area (Å²) < 4.78 is 5.82. The first-order valence-corrected chi connectivity index (χ1v) is 6.57. The number of pyridine rings is 1. The van der Waals surface area contributed by atoms with E-state index in [0.29, 0.717) is 23.1 Å². The summed E-state index contributed by atoms with van der Waals surface area (Å²) in [6.07, 6.45) is 2.41. The van der Waals surface area contributed by atoms with Gasteiger partial charge < -0.3 is 10.5 Å². The van der Waals surface area contributed by atoms with Crippen molar-refractivity contribution in [2.45, 2.75) is 26.3 Å². The summed E-state index contributed by atoms with van der Waals surface area (Å²) in [6, 6.07) is 9.56. The summed E-state index contributed by atoms with van der Waals surface area (Å²) in [5.41, 5.74) is 7.90. The highest BCUT2D eigenvalue weighted by atomic mass is 35.5. The Hall–Kier alpha value is -1.58. The molecule has 0 fully saturated rings. The van der Waals surface area contributed by atoms with E-state index in [1.807, 2.05) is 44.2 Å². The molecule has 100 valence electrons. The lowest BCUT2D eigenvalue weighted by atomic mass is 10.1. The molecule has 0 aliphatic carbocycles. The summed E-state index contributed by atoms with van der Waals surface area (Å²) in [7, 11) is 0. The van der Waals surface area contributed by atoms with Gasteiger partial charge in [-0.2, -0.15) is 0 Å². The van der Waals surface area contributed by atoms with Gasteiger partial charge in [-0.3, -0.25) is 0 Å². The quantitative estimate of drug-likeness (QED) is 0.926. The molecular formula is C15H17ClN2O. The van der Waals surface area contributed by atoms with Gasteiger partial charge in [0.15, 0.2) is 0 Å². The van der Waals surface area contributed by atoms with E-state index in [1.165, 1.54) is 0 Å². The minimum absolute atomic E-state index is 0.0551. The lowest BCUT2D eigenvalue weighted by Gasteiger charge is -2.12. The number of ether oxygens (including phenoxy) is 1. The van der Waals surface area contributed by atoms with Crippen LogP contribution in [0.3, 0.4) is 0 Å². The second kappa shape index (κ2) is 6.04. The molecule has 1 heterocycles. The van der Waals surface area contributed by atoms with Crippen LogP contribution in [0, 0.1) is 6.92 Å². The third-order valence-corrected chi connectivity index (χ3v) is 3.00. The van der Waals surface area contributed by atoms with E-state index in [4.69, 9.17) is 22.1 Å². The summed E-state index contributed by atoms with van der Waals surface area (Å²) in [5.74, 6) is 1.18. The first kappa shape index (κ1) is 13.8. The maximum Gasteiger partial charge on any atom is 0.222 e. The molecular weight excluding hydrogens is 260 g/mol. The molecule has 1 atom stereocenters. The van der Waals surface area contributed by atoms with Gasteiger partial charge in [-0.15, -0.1) is 0 Å². The highest BCUT2D eigenvalue weighted by molar-refractivity contribution is 6.32. The van der Waals surface area contributed by atoms with Crippen LogP contribution in [-0.4, -0.2) is 11.0 Å². The topological polar surface area (TPSA) is 48.1 Å². The van der Waals surface area contributed by atoms with Crippen molar-refractivity contribution in [2.75, 3.05) is 0 Å². The SMILES string of the molecule is Cc1ccc(Cl)c(Oc2ncccc2CC(C)N)c1. The molecule has 1 aromatic carbocycles. The molecule has 0 amide bonds. The fourth-order valence-electron chi connectivity index (χ4n) is 1.81. The summed E-state index contributed by atoms with van der Waals surface area (Å²) >= 11 is 6.13. The molecule has 4 heteroatoms. The molecule has 0 radical (unpaired) electrons. The minimum atomic E-state index is 0.0551. The lowest BCUT2D eigenvalue weighted by Crippen LogP contribution is -2.18. The summed E-state index contributed by atoms with van der Waals surface area (Å²) in [4.78, 5) is 4.26. The number of hydrogen-bond acceptors (Lipinski definition) is 3. The highest BCUT2D eigenvalue weighted by Crippen LogP contribution is 2.31. The number of aryl methyl sites for hydroxylation is 1. The number of halogens is 1. The molecule has 3 nitrogen and oxygen atoms in total. The Balaban J connectivity index is 2.30. The van der Waals surface area contributed by atoms with Crippen molar-refractivity contribution >= 4 is 11.6 Å². The Labute approximate surface area is 118 Å². The van der Waals surface area contributed by atoms with Crippen LogP contribution in [0.5, 0.6) is 11.6 Å². The number of hydrogen-bond donors (Lipinski definition) is 1. The molecule has 0 saturated carbocycles. The first-order chi connectivity index (χ1) is 9.06. The zero-order chi connectivity index (χ0) is 13.8. The Morgan fingerprint density at radius 3 is 2.89 bits per heavy atom. The van der Waals surface area contributed by atoms with Crippen LogP contribution in [-0.2, 0) is 6.42 Å². The van der Waals surface area contributed by atoms with E-state index in [1.54, 1.807) is 6.20 Å². The first-order valence-electron chi connectivity index (χ1n) is 6.19. The Morgan fingerprint density at radius 1 is 1.37 bits per heavy atom. The van der Waals surface area contributed by atoms with Crippen molar-refractivity contribution in [3.8, 4) is 11.6 Å². The van der Waals surface area contributed by atoms with Gasteiger partial charge in [-0.25, -0.2) is 4.98 Å². The van der Waals surface area contributed by atoms with Gasteiger partial charge in [0.25, 0.3) is 0 Å². The molecule has 1 aromatic heterocycles. The van der Waals surface area contributed by atoms with Crippen LogP contribution >= 0.6 is 11.6 Å². The molecule has 0 aliphatic rings. The van der Waals surface area contributed by atoms with E-state index in [0.717, 1.165) is 11.1 Å². The smallest absolute Gasteiger partial charge is 0.222 e. The van der Waals surface area contributed by atoms with Gasteiger partial charge >= 0.3 is 0 Å². The average molecular weight is 277 g/mol. The van der Waals surface area contributed by atoms with Crippen molar-refractivity contribution in [3.05, 3.63) is 52.7 Å². The summed E-state index contributed by atoms with van der Waals surface area (Å²) in [6.45, 7) is 3.95. The normalized spacial score (nSPS) is 12.2. The lowest BCUT2D eigenvalue weighted by molar-refractivity contribution is 0.454. The van der Waals surface area contributed by atoms with Gasteiger partial charge in [-0.1, -0.05) is 23.7 Å². The van der Waals surface area contributed by atoms with Crippen molar-refractivity contribution in [2.24, 2.45) is 5.73 Å². The molecule has 2 N–H and O–H groups in total. The number of benzene rings is 1. The predicted molar refractivity (Wildman–Crippen MR) is 77.9 cm³/mol. The number of aromatic nitrogens is 1. The fraction of sp³-hybridized carbons (Fsp3) is 0.267. The zero-order valence-electron chi connectivity index (χ0n) is 11.1. The largest absolute Gasteiger partial charge is 0.437 e. The maximum atomic E-state index is 6.13. The van der Waals surface area contributed by atoms with Gasteiger partial charge in [0, 0.05) is 17.8 Å². The Morgan fingerprint density at radius 2 is 2.16 bits per heavy atom. The Bertz CT molecular complexity index is 570. The zero-order valence-corrected chi connectivity index (χ0v) is 11.8. The number of nitrogens with zero attached hydrogens (tertiary/aromatic N) is 1. The van der Waals surface area contributed by atoms with E-state index < -0.39 is 0 Å². The molecule has 0 bridgehead atoms.